The van der Waals surface area contributed by atoms with E-state index in [9.17, 15) is 13.2 Å². The lowest BCUT2D eigenvalue weighted by molar-refractivity contribution is -0.274. The van der Waals surface area contributed by atoms with E-state index in [0.717, 1.165) is 5.69 Å². The number of hydrogen-bond donors (Lipinski definition) is 2. The van der Waals surface area contributed by atoms with Gasteiger partial charge < -0.3 is 15.4 Å². The van der Waals surface area contributed by atoms with Gasteiger partial charge in [-0.2, -0.15) is 0 Å². The number of nitrogens with one attached hydrogen (secondary N) is 2. The van der Waals surface area contributed by atoms with Crippen LogP contribution in [0, 0.1) is 0 Å². The second kappa shape index (κ2) is 5.68. The average Bonchev–Trinajstić information content (AvgIpc) is 2.37. The van der Waals surface area contributed by atoms with Gasteiger partial charge in [0.05, 0.1) is 23.8 Å². The number of nitrogens with zero attached hydrogens (tertiary/aromatic N) is 1. The predicted molar refractivity (Wildman–Crippen MR) is 70.2 cm³/mol. The number of anilines is 3. The molecule has 0 radical (unpaired) electrons. The minimum absolute atomic E-state index is 0.278. The van der Waals surface area contributed by atoms with Gasteiger partial charge in [0, 0.05) is 18.8 Å². The lowest BCUT2D eigenvalue weighted by Gasteiger charge is -2.11. The van der Waals surface area contributed by atoms with Gasteiger partial charge in [-0.15, -0.1) is 13.2 Å². The first-order valence-corrected chi connectivity index (χ1v) is 5.72. The number of alkyl halides is 3. The molecule has 0 atom stereocenters. The molecule has 2 aromatic rings. The van der Waals surface area contributed by atoms with Gasteiger partial charge in [0.15, 0.2) is 0 Å². The van der Waals surface area contributed by atoms with Gasteiger partial charge in [0.1, 0.15) is 5.75 Å². The molecule has 0 fully saturated rings. The maximum atomic E-state index is 12.1. The number of rotatable bonds is 4. The molecule has 0 bridgehead atoms. The highest BCUT2D eigenvalue weighted by molar-refractivity contribution is 5.63. The molecule has 1 aromatic heterocycles. The van der Waals surface area contributed by atoms with Gasteiger partial charge in [-0.25, -0.2) is 0 Å². The second-order valence-electron chi connectivity index (χ2n) is 3.91. The summed E-state index contributed by atoms with van der Waals surface area (Å²) in [6.45, 7) is 0. The van der Waals surface area contributed by atoms with E-state index in [1.165, 1.54) is 18.2 Å². The molecule has 0 amide bonds. The molecule has 0 unspecified atom stereocenters. The summed E-state index contributed by atoms with van der Waals surface area (Å²) >= 11 is 0. The van der Waals surface area contributed by atoms with E-state index in [-0.39, 0.29) is 5.75 Å². The van der Waals surface area contributed by atoms with Crippen molar-refractivity contribution in [2.45, 2.75) is 6.36 Å². The molecule has 0 aliphatic carbocycles. The van der Waals surface area contributed by atoms with Crippen LogP contribution >= 0.6 is 0 Å². The van der Waals surface area contributed by atoms with E-state index in [0.29, 0.717) is 11.4 Å². The summed E-state index contributed by atoms with van der Waals surface area (Å²) in [6.07, 6.45) is -1.50. The van der Waals surface area contributed by atoms with Crippen LogP contribution < -0.4 is 15.4 Å². The normalized spacial score (nSPS) is 11.0. The Balaban J connectivity index is 2.15. The molecule has 0 saturated carbocycles. The summed E-state index contributed by atoms with van der Waals surface area (Å²) in [4.78, 5) is 4.00. The smallest absolute Gasteiger partial charge is 0.406 e. The van der Waals surface area contributed by atoms with Crippen LogP contribution in [-0.2, 0) is 0 Å². The Morgan fingerprint density at radius 1 is 1.05 bits per heavy atom. The minimum Gasteiger partial charge on any atom is -0.406 e. The topological polar surface area (TPSA) is 46.2 Å². The van der Waals surface area contributed by atoms with Crippen LogP contribution in [0.25, 0.3) is 0 Å². The quantitative estimate of drug-likeness (QED) is 0.896. The molecule has 2 rings (SSSR count). The molecule has 20 heavy (non-hydrogen) atoms. The van der Waals surface area contributed by atoms with Crippen molar-refractivity contribution in [3.8, 4) is 5.75 Å². The molecule has 2 N–H and O–H groups in total. The molecule has 1 aromatic carbocycles. The third-order valence-corrected chi connectivity index (χ3v) is 2.38. The average molecular weight is 283 g/mol. The first-order valence-electron chi connectivity index (χ1n) is 5.72. The van der Waals surface area contributed by atoms with E-state index in [2.05, 4.69) is 20.4 Å². The molecule has 106 valence electrons. The predicted octanol–water partition coefficient (Wildman–Crippen LogP) is 3.77. The summed E-state index contributed by atoms with van der Waals surface area (Å²) in [6, 6.07) is 7.39. The van der Waals surface area contributed by atoms with E-state index in [1.54, 1.807) is 31.6 Å². The Bertz CT molecular complexity index is 587. The van der Waals surface area contributed by atoms with Gasteiger partial charge in [-0.3, -0.25) is 4.98 Å². The Morgan fingerprint density at radius 3 is 2.50 bits per heavy atom. The molecular weight excluding hydrogens is 271 g/mol. The van der Waals surface area contributed by atoms with Crippen molar-refractivity contribution < 1.29 is 17.9 Å². The minimum atomic E-state index is -4.70. The van der Waals surface area contributed by atoms with E-state index in [1.807, 2.05) is 0 Å². The summed E-state index contributed by atoms with van der Waals surface area (Å²) in [7, 11) is 1.75. The third-order valence-electron chi connectivity index (χ3n) is 2.38. The molecule has 7 heteroatoms. The highest BCUT2D eigenvalue weighted by Gasteiger charge is 2.31. The lowest BCUT2D eigenvalue weighted by atomic mass is 10.3. The fourth-order valence-electron chi connectivity index (χ4n) is 1.58. The number of benzene rings is 1. The zero-order chi connectivity index (χ0) is 14.6. The van der Waals surface area contributed by atoms with Crippen molar-refractivity contribution >= 4 is 17.1 Å². The Kier molecular flexibility index (Phi) is 3.97. The largest absolute Gasteiger partial charge is 0.573 e. The lowest BCUT2D eigenvalue weighted by Crippen LogP contribution is -2.17. The highest BCUT2D eigenvalue weighted by Crippen LogP contribution is 2.26. The van der Waals surface area contributed by atoms with Crippen molar-refractivity contribution in [3.63, 3.8) is 0 Å². The van der Waals surface area contributed by atoms with Crippen molar-refractivity contribution in [1.29, 1.82) is 0 Å². The molecule has 1 heterocycles. The Hall–Kier alpha value is -2.44. The first-order chi connectivity index (χ1) is 9.46. The summed E-state index contributed by atoms with van der Waals surface area (Å²) in [5.41, 5.74) is 1.92. The van der Waals surface area contributed by atoms with Crippen LogP contribution in [0.4, 0.5) is 30.2 Å². The van der Waals surface area contributed by atoms with E-state index < -0.39 is 6.36 Å². The van der Waals surface area contributed by atoms with E-state index in [4.69, 9.17) is 0 Å². The SMILES string of the molecule is CNc1cncc(Nc2cccc(OC(F)(F)F)c2)c1. The van der Waals surface area contributed by atoms with Crippen molar-refractivity contribution in [2.75, 3.05) is 17.7 Å². The zero-order valence-corrected chi connectivity index (χ0v) is 10.5. The van der Waals surface area contributed by atoms with Crippen LogP contribution in [0.1, 0.15) is 0 Å². The summed E-state index contributed by atoms with van der Waals surface area (Å²) < 4.78 is 40.3. The summed E-state index contributed by atoms with van der Waals surface area (Å²) in [5, 5.41) is 5.87. The van der Waals surface area contributed by atoms with Crippen molar-refractivity contribution in [3.05, 3.63) is 42.7 Å². The number of pyridine rings is 1. The van der Waals surface area contributed by atoms with Gasteiger partial charge in [-0.1, -0.05) is 6.07 Å². The maximum Gasteiger partial charge on any atom is 0.573 e. The number of hydrogen-bond acceptors (Lipinski definition) is 4. The molecule has 0 aliphatic rings. The second-order valence-corrected chi connectivity index (χ2v) is 3.91. The van der Waals surface area contributed by atoms with Crippen LogP contribution in [0.15, 0.2) is 42.7 Å². The third kappa shape index (κ3) is 4.04. The van der Waals surface area contributed by atoms with Gasteiger partial charge in [0.25, 0.3) is 0 Å². The van der Waals surface area contributed by atoms with Crippen LogP contribution in [0.5, 0.6) is 5.75 Å². The fourth-order valence-corrected chi connectivity index (χ4v) is 1.58. The molecule has 4 nitrogen and oxygen atoms in total. The molecule has 0 spiro atoms. The van der Waals surface area contributed by atoms with Gasteiger partial charge >= 0.3 is 6.36 Å². The maximum absolute atomic E-state index is 12.1. The van der Waals surface area contributed by atoms with Crippen molar-refractivity contribution in [1.82, 2.24) is 4.98 Å². The fraction of sp³-hybridized carbons (Fsp3) is 0.154. The van der Waals surface area contributed by atoms with Crippen LogP contribution in [0.3, 0.4) is 0 Å². The Morgan fingerprint density at radius 2 is 1.80 bits per heavy atom. The Labute approximate surface area is 113 Å². The standard InChI is InChI=1S/C13H12F3N3O/c1-17-10-5-11(8-18-7-10)19-9-3-2-4-12(6-9)20-13(14,15)16/h2-8,17,19H,1H3. The highest BCUT2D eigenvalue weighted by atomic mass is 19.4. The van der Waals surface area contributed by atoms with Crippen LogP contribution in [-0.4, -0.2) is 18.4 Å². The van der Waals surface area contributed by atoms with Gasteiger partial charge in [-0.05, 0) is 18.2 Å². The first kappa shape index (κ1) is 14.0. The van der Waals surface area contributed by atoms with Gasteiger partial charge in [0.2, 0.25) is 0 Å². The van der Waals surface area contributed by atoms with E-state index >= 15 is 0 Å². The zero-order valence-electron chi connectivity index (χ0n) is 10.5. The molecular formula is C13H12F3N3O. The monoisotopic (exact) mass is 283 g/mol. The van der Waals surface area contributed by atoms with Crippen molar-refractivity contribution in [2.24, 2.45) is 0 Å². The molecule has 0 aliphatic heterocycles. The number of aromatic nitrogens is 1. The number of halogens is 3. The van der Waals surface area contributed by atoms with Crippen LogP contribution in [0.2, 0.25) is 0 Å². The number of ether oxygens (including phenoxy) is 1. The molecule has 0 saturated heterocycles. The summed E-state index contributed by atoms with van der Waals surface area (Å²) in [5.74, 6) is -0.278.